The highest BCUT2D eigenvalue weighted by atomic mass is 16.4. The third-order valence-electron chi connectivity index (χ3n) is 4.19. The van der Waals surface area contributed by atoms with Gasteiger partial charge < -0.3 is 25.6 Å². The molecule has 0 aliphatic heterocycles. The number of carbonyl (C=O) groups excluding carboxylic acids is 2. The van der Waals surface area contributed by atoms with Gasteiger partial charge in [0.2, 0.25) is 5.76 Å². The third-order valence-corrected chi connectivity index (χ3v) is 4.19. The number of benzene rings is 1. The fraction of sp³-hybridized carbons (Fsp3) is 0.200. The lowest BCUT2D eigenvalue weighted by Gasteiger charge is -2.05. The van der Waals surface area contributed by atoms with Crippen LogP contribution in [0.25, 0.3) is 0 Å². The van der Waals surface area contributed by atoms with Crippen molar-refractivity contribution in [2.75, 3.05) is 5.32 Å². The van der Waals surface area contributed by atoms with E-state index >= 15 is 0 Å². The molecule has 0 bridgehead atoms. The summed E-state index contributed by atoms with van der Waals surface area (Å²) in [4.78, 5) is 42.0. The highest BCUT2D eigenvalue weighted by Crippen LogP contribution is 2.18. The molecule has 9 nitrogen and oxygen atoms in total. The van der Waals surface area contributed by atoms with Crippen molar-refractivity contribution in [3.63, 3.8) is 0 Å². The minimum absolute atomic E-state index is 0.0696. The molecule has 150 valence electrons. The Kier molecular flexibility index (Phi) is 5.77. The van der Waals surface area contributed by atoms with Crippen molar-refractivity contribution in [2.24, 2.45) is 5.73 Å². The quantitative estimate of drug-likeness (QED) is 0.459. The van der Waals surface area contributed by atoms with Crippen LogP contribution in [0.1, 0.15) is 61.9 Å². The van der Waals surface area contributed by atoms with Crippen LogP contribution < -0.4 is 11.1 Å². The molecule has 0 fully saturated rings. The van der Waals surface area contributed by atoms with Crippen LogP contribution in [0, 0.1) is 0 Å². The molecule has 0 radical (unpaired) electrons. The number of aromatic amines is 1. The number of nitrogens with two attached hydrogens (primary N) is 1. The first-order valence-electron chi connectivity index (χ1n) is 8.98. The molecular weight excluding hydrogens is 376 g/mol. The molecule has 2 aromatic heterocycles. The number of amides is 2. The number of rotatable bonds is 8. The van der Waals surface area contributed by atoms with Gasteiger partial charge in [-0.15, -0.1) is 0 Å². The summed E-state index contributed by atoms with van der Waals surface area (Å²) in [5.74, 6) is -1.94. The summed E-state index contributed by atoms with van der Waals surface area (Å²) in [6, 6.07) is 9.98. The Morgan fingerprint density at radius 3 is 2.48 bits per heavy atom. The van der Waals surface area contributed by atoms with E-state index in [1.165, 1.54) is 12.1 Å². The first-order valence-corrected chi connectivity index (χ1v) is 8.98. The van der Waals surface area contributed by atoms with Gasteiger partial charge in [0.25, 0.3) is 11.8 Å². The van der Waals surface area contributed by atoms with Gasteiger partial charge in [-0.05, 0) is 36.2 Å². The first kappa shape index (κ1) is 19.9. The van der Waals surface area contributed by atoms with Crippen molar-refractivity contribution in [3.8, 4) is 0 Å². The van der Waals surface area contributed by atoms with Crippen molar-refractivity contribution in [2.45, 2.75) is 26.2 Å². The zero-order valence-electron chi connectivity index (χ0n) is 15.7. The number of hydrogen-bond donors (Lipinski definition) is 4. The molecular formula is C20H20N4O5. The number of nitrogens with zero attached hydrogens (tertiary/aromatic N) is 1. The van der Waals surface area contributed by atoms with Crippen LogP contribution in [-0.2, 0) is 12.8 Å². The minimum atomic E-state index is -1.19. The number of aromatic carboxylic acids is 1. The van der Waals surface area contributed by atoms with E-state index in [9.17, 15) is 14.4 Å². The number of imidazole rings is 1. The van der Waals surface area contributed by atoms with E-state index in [1.54, 1.807) is 12.1 Å². The number of primary amides is 1. The summed E-state index contributed by atoms with van der Waals surface area (Å²) in [5.41, 5.74) is 6.79. The lowest BCUT2D eigenvalue weighted by atomic mass is 10.1. The molecule has 0 aliphatic carbocycles. The molecule has 1 aromatic carbocycles. The molecule has 0 saturated carbocycles. The highest BCUT2D eigenvalue weighted by molar-refractivity contribution is 6.07. The van der Waals surface area contributed by atoms with E-state index in [0.717, 1.165) is 18.4 Å². The van der Waals surface area contributed by atoms with Crippen LogP contribution in [0.15, 0.2) is 40.8 Å². The second-order valence-electron chi connectivity index (χ2n) is 6.42. The van der Waals surface area contributed by atoms with Gasteiger partial charge in [0.05, 0.1) is 6.42 Å². The normalized spacial score (nSPS) is 10.7. The topological polar surface area (TPSA) is 151 Å². The average molecular weight is 396 g/mol. The Bertz CT molecular complexity index is 1050. The SMILES string of the molecule is CCCc1ccc(C(=O)Nc2[nH]c(Cc3ccc(C(=O)O)o3)nc2C(N)=O)cc1. The molecule has 2 heterocycles. The Labute approximate surface area is 165 Å². The lowest BCUT2D eigenvalue weighted by molar-refractivity contribution is 0.0660. The van der Waals surface area contributed by atoms with E-state index in [4.69, 9.17) is 15.3 Å². The van der Waals surface area contributed by atoms with Gasteiger partial charge >= 0.3 is 5.97 Å². The molecule has 0 aliphatic rings. The molecule has 3 rings (SSSR count). The summed E-state index contributed by atoms with van der Waals surface area (Å²) in [6.45, 7) is 2.08. The summed E-state index contributed by atoms with van der Waals surface area (Å²) >= 11 is 0. The van der Waals surface area contributed by atoms with Gasteiger partial charge in [-0.1, -0.05) is 25.5 Å². The fourth-order valence-corrected chi connectivity index (χ4v) is 2.82. The molecule has 0 unspecified atom stereocenters. The molecule has 29 heavy (non-hydrogen) atoms. The van der Waals surface area contributed by atoms with E-state index in [-0.39, 0.29) is 23.7 Å². The summed E-state index contributed by atoms with van der Waals surface area (Å²) in [7, 11) is 0. The summed E-state index contributed by atoms with van der Waals surface area (Å²) in [5, 5.41) is 11.5. The number of carboxylic acids is 1. The van der Waals surface area contributed by atoms with Crippen molar-refractivity contribution in [1.29, 1.82) is 0 Å². The predicted molar refractivity (Wildman–Crippen MR) is 104 cm³/mol. The van der Waals surface area contributed by atoms with Crippen LogP contribution in [0.4, 0.5) is 5.82 Å². The van der Waals surface area contributed by atoms with Gasteiger partial charge in [0, 0.05) is 5.56 Å². The van der Waals surface area contributed by atoms with E-state index < -0.39 is 17.8 Å². The minimum Gasteiger partial charge on any atom is -0.475 e. The Morgan fingerprint density at radius 1 is 1.17 bits per heavy atom. The summed E-state index contributed by atoms with van der Waals surface area (Å²) < 4.78 is 5.18. The largest absolute Gasteiger partial charge is 0.475 e. The van der Waals surface area contributed by atoms with E-state index in [0.29, 0.717) is 17.1 Å². The number of H-pyrrole nitrogens is 1. The number of aryl methyl sites for hydroxylation is 1. The van der Waals surface area contributed by atoms with Crippen molar-refractivity contribution in [3.05, 3.63) is 70.6 Å². The summed E-state index contributed by atoms with van der Waals surface area (Å²) in [6.07, 6.45) is 2.03. The second kappa shape index (κ2) is 8.42. The lowest BCUT2D eigenvalue weighted by Crippen LogP contribution is -2.18. The van der Waals surface area contributed by atoms with E-state index in [1.807, 2.05) is 12.1 Å². The standard InChI is InChI=1S/C20H20N4O5/c1-2-3-11-4-6-12(7-5-11)19(26)24-18-16(17(21)25)22-15(23-18)10-13-8-9-14(29-13)20(27)28/h4-9H,2-3,10H2,1H3,(H2,21,25)(H,22,23)(H,24,26)(H,27,28). The van der Waals surface area contributed by atoms with Crippen LogP contribution in [-0.4, -0.2) is 32.9 Å². The van der Waals surface area contributed by atoms with Crippen LogP contribution in [0.5, 0.6) is 0 Å². The number of aromatic nitrogens is 2. The fourth-order valence-electron chi connectivity index (χ4n) is 2.82. The maximum atomic E-state index is 12.5. The number of nitrogens with one attached hydrogen (secondary N) is 2. The zero-order chi connectivity index (χ0) is 21.0. The Morgan fingerprint density at radius 2 is 1.90 bits per heavy atom. The van der Waals surface area contributed by atoms with Crippen LogP contribution in [0.2, 0.25) is 0 Å². The number of furan rings is 1. The maximum absolute atomic E-state index is 12.5. The third kappa shape index (κ3) is 4.70. The maximum Gasteiger partial charge on any atom is 0.371 e. The van der Waals surface area contributed by atoms with Gasteiger partial charge in [0.1, 0.15) is 17.4 Å². The first-order chi connectivity index (χ1) is 13.9. The number of anilines is 1. The number of carbonyl (C=O) groups is 3. The molecule has 0 saturated heterocycles. The molecule has 9 heteroatoms. The van der Waals surface area contributed by atoms with Crippen LogP contribution in [0.3, 0.4) is 0 Å². The molecule has 5 N–H and O–H groups in total. The Hall–Kier alpha value is -3.88. The van der Waals surface area contributed by atoms with Crippen molar-refractivity contribution in [1.82, 2.24) is 9.97 Å². The smallest absolute Gasteiger partial charge is 0.371 e. The molecule has 0 atom stereocenters. The monoisotopic (exact) mass is 396 g/mol. The number of hydrogen-bond acceptors (Lipinski definition) is 5. The second-order valence-corrected chi connectivity index (χ2v) is 6.42. The van der Waals surface area contributed by atoms with Gasteiger partial charge in [-0.3, -0.25) is 9.59 Å². The molecule has 2 amide bonds. The average Bonchev–Trinajstić information content (AvgIpc) is 3.30. The van der Waals surface area contributed by atoms with Gasteiger partial charge in [-0.2, -0.15) is 0 Å². The van der Waals surface area contributed by atoms with E-state index in [2.05, 4.69) is 22.2 Å². The zero-order valence-corrected chi connectivity index (χ0v) is 15.7. The van der Waals surface area contributed by atoms with Crippen molar-refractivity contribution >= 4 is 23.6 Å². The number of carboxylic acid groups (broad SMARTS) is 1. The Balaban J connectivity index is 1.78. The van der Waals surface area contributed by atoms with Gasteiger partial charge in [-0.25, -0.2) is 9.78 Å². The predicted octanol–water partition coefficient (Wildman–Crippen LogP) is 2.60. The highest BCUT2D eigenvalue weighted by Gasteiger charge is 2.19. The van der Waals surface area contributed by atoms with Crippen molar-refractivity contribution < 1.29 is 23.9 Å². The molecule has 0 spiro atoms. The van der Waals surface area contributed by atoms with Gasteiger partial charge in [0.15, 0.2) is 5.69 Å². The molecule has 3 aromatic rings. The van der Waals surface area contributed by atoms with Crippen LogP contribution >= 0.6 is 0 Å².